The van der Waals surface area contributed by atoms with E-state index in [1.165, 1.54) is 9.21 Å². The van der Waals surface area contributed by atoms with Gasteiger partial charge in [-0.05, 0) is 88.0 Å². The number of alkyl halides is 3. The highest BCUT2D eigenvalue weighted by molar-refractivity contribution is 7.89. The molecule has 238 valence electrons. The van der Waals surface area contributed by atoms with E-state index < -0.39 is 39.5 Å². The summed E-state index contributed by atoms with van der Waals surface area (Å²) in [5.74, 6) is -0.280. The third-order valence-corrected chi connectivity index (χ3v) is 9.84. The first-order valence-corrected chi connectivity index (χ1v) is 16.0. The van der Waals surface area contributed by atoms with E-state index in [0.29, 0.717) is 25.8 Å². The van der Waals surface area contributed by atoms with Gasteiger partial charge in [0.2, 0.25) is 15.9 Å². The third kappa shape index (κ3) is 7.98. The molecule has 2 amide bonds. The summed E-state index contributed by atoms with van der Waals surface area (Å²) in [4.78, 5) is 30.3. The molecular weight excluding hydrogens is 571 g/mol. The van der Waals surface area contributed by atoms with Crippen LogP contribution in [0.5, 0.6) is 0 Å². The van der Waals surface area contributed by atoms with Gasteiger partial charge >= 0.3 is 12.3 Å². The molecule has 1 heterocycles. The van der Waals surface area contributed by atoms with Gasteiger partial charge in [-0.15, -0.1) is 0 Å². The summed E-state index contributed by atoms with van der Waals surface area (Å²) in [5.41, 5.74) is -1.91. The number of halogens is 3. The molecule has 1 aromatic rings. The van der Waals surface area contributed by atoms with E-state index in [0.717, 1.165) is 30.7 Å². The maximum Gasteiger partial charge on any atom is 0.416 e. The molecule has 42 heavy (non-hydrogen) atoms. The van der Waals surface area contributed by atoms with Gasteiger partial charge in [0.05, 0.1) is 10.5 Å². The lowest BCUT2D eigenvalue weighted by atomic mass is 9.86. The third-order valence-electron chi connectivity index (χ3n) is 7.99. The second-order valence-corrected chi connectivity index (χ2v) is 15.8. The molecule has 0 aromatic heterocycles. The molecule has 0 N–H and O–H groups in total. The summed E-state index contributed by atoms with van der Waals surface area (Å²) < 4.78 is 72.8. The normalized spacial score (nSPS) is 22.5. The Bertz CT molecular complexity index is 1220. The summed E-state index contributed by atoms with van der Waals surface area (Å²) in [7, 11) is -2.43. The fourth-order valence-electron chi connectivity index (χ4n) is 6.05. The first-order chi connectivity index (χ1) is 19.2. The van der Waals surface area contributed by atoms with Gasteiger partial charge < -0.3 is 9.64 Å². The van der Waals surface area contributed by atoms with Crippen molar-refractivity contribution >= 4 is 22.0 Å². The molecular formula is C30H46F3N3O5S. The molecule has 8 nitrogen and oxygen atoms in total. The van der Waals surface area contributed by atoms with Gasteiger partial charge in [-0.1, -0.05) is 27.7 Å². The van der Waals surface area contributed by atoms with Gasteiger partial charge in [0.15, 0.2) is 0 Å². The zero-order chi connectivity index (χ0) is 31.8. The van der Waals surface area contributed by atoms with Crippen molar-refractivity contribution in [3.05, 3.63) is 29.8 Å². The average molecular weight is 618 g/mol. The Kier molecular flexibility index (Phi) is 10.0. The van der Waals surface area contributed by atoms with Gasteiger partial charge in [-0.3, -0.25) is 9.69 Å². The monoisotopic (exact) mass is 617 g/mol. The van der Waals surface area contributed by atoms with Crippen molar-refractivity contribution in [3.8, 4) is 0 Å². The van der Waals surface area contributed by atoms with Gasteiger partial charge in [0, 0.05) is 32.7 Å². The molecule has 1 saturated heterocycles. The van der Waals surface area contributed by atoms with Crippen molar-refractivity contribution in [3.63, 3.8) is 0 Å². The molecule has 1 saturated carbocycles. The summed E-state index contributed by atoms with van der Waals surface area (Å²) >= 11 is 0. The minimum absolute atomic E-state index is 0.0241. The van der Waals surface area contributed by atoms with Crippen LogP contribution in [0.1, 0.15) is 79.7 Å². The van der Waals surface area contributed by atoms with Crippen LogP contribution in [0.25, 0.3) is 0 Å². The van der Waals surface area contributed by atoms with Crippen molar-refractivity contribution in [2.24, 2.45) is 17.3 Å². The van der Waals surface area contributed by atoms with Crippen molar-refractivity contribution < 1.29 is 35.9 Å². The largest absolute Gasteiger partial charge is 0.444 e. The number of hydrogen-bond acceptors (Lipinski definition) is 5. The number of amides is 2. The Morgan fingerprint density at radius 2 is 1.62 bits per heavy atom. The molecule has 0 radical (unpaired) electrons. The van der Waals surface area contributed by atoms with Gasteiger partial charge in [0.1, 0.15) is 11.6 Å². The van der Waals surface area contributed by atoms with E-state index in [1.807, 2.05) is 32.6 Å². The fourth-order valence-corrected chi connectivity index (χ4v) is 7.58. The maximum absolute atomic E-state index is 14.3. The highest BCUT2D eigenvalue weighted by Crippen LogP contribution is 2.43. The lowest BCUT2D eigenvalue weighted by molar-refractivity contribution is -0.141. The van der Waals surface area contributed by atoms with E-state index in [9.17, 15) is 31.2 Å². The predicted molar refractivity (Wildman–Crippen MR) is 154 cm³/mol. The lowest BCUT2D eigenvalue weighted by Gasteiger charge is -2.40. The van der Waals surface area contributed by atoms with Gasteiger partial charge in [-0.2, -0.15) is 17.5 Å². The maximum atomic E-state index is 14.3. The second kappa shape index (κ2) is 12.3. The summed E-state index contributed by atoms with van der Waals surface area (Å²) in [6.45, 7) is 14.2. The van der Waals surface area contributed by atoms with E-state index in [1.54, 1.807) is 27.8 Å². The number of nitrogens with zero attached hydrogens (tertiary/aromatic N) is 3. The first-order valence-electron chi connectivity index (χ1n) is 14.6. The molecule has 1 aliphatic carbocycles. The van der Waals surface area contributed by atoms with Crippen LogP contribution in [0.3, 0.4) is 0 Å². The van der Waals surface area contributed by atoms with Crippen LogP contribution < -0.4 is 0 Å². The Balaban J connectivity index is 1.85. The smallest absolute Gasteiger partial charge is 0.416 e. The highest BCUT2D eigenvalue weighted by atomic mass is 32.2. The lowest BCUT2D eigenvalue weighted by Crippen LogP contribution is -2.55. The number of benzene rings is 1. The Morgan fingerprint density at radius 3 is 2.12 bits per heavy atom. The van der Waals surface area contributed by atoms with E-state index in [2.05, 4.69) is 0 Å². The van der Waals surface area contributed by atoms with Crippen LogP contribution in [-0.4, -0.2) is 78.9 Å². The number of ether oxygens (including phenoxy) is 1. The molecule has 1 aliphatic heterocycles. The predicted octanol–water partition coefficient (Wildman–Crippen LogP) is 6.01. The van der Waals surface area contributed by atoms with E-state index in [4.69, 9.17) is 4.74 Å². The molecule has 3 rings (SSSR count). The average Bonchev–Trinajstić information content (AvgIpc) is 3.45. The minimum Gasteiger partial charge on any atom is -0.444 e. The van der Waals surface area contributed by atoms with E-state index in [-0.39, 0.29) is 47.2 Å². The minimum atomic E-state index is -4.56. The number of sulfonamides is 1. The quantitative estimate of drug-likeness (QED) is 0.356. The molecule has 0 bridgehead atoms. The van der Waals surface area contributed by atoms with Gasteiger partial charge in [0.25, 0.3) is 0 Å². The number of carbonyl (C=O) groups is 2. The first kappa shape index (κ1) is 34.2. The van der Waals surface area contributed by atoms with Gasteiger partial charge in [-0.25, -0.2) is 13.2 Å². The number of hydrogen-bond donors (Lipinski definition) is 0. The SMILES string of the molecule is CCCN(C(=O)[C@H](CC(C)(C)C)N(C)C(=O)OC(C)(C)C)[C@H]1CC[C@@H]2CN(S(=O)(=O)c3ccc(C(F)(F)F)cc3)C[C@@H]21. The molecule has 2 aliphatic rings. The van der Waals surface area contributed by atoms with Crippen LogP contribution in [0.15, 0.2) is 29.2 Å². The summed E-state index contributed by atoms with van der Waals surface area (Å²) in [6.07, 6.45) is -2.59. The van der Waals surface area contributed by atoms with Crippen LogP contribution in [0, 0.1) is 17.3 Å². The zero-order valence-corrected chi connectivity index (χ0v) is 26.8. The molecule has 4 atom stereocenters. The molecule has 1 aromatic carbocycles. The van der Waals surface area contributed by atoms with Crippen molar-refractivity contribution in [2.75, 3.05) is 26.7 Å². The number of carbonyl (C=O) groups excluding carboxylic acids is 2. The summed E-state index contributed by atoms with van der Waals surface area (Å²) in [6, 6.07) is 2.58. The second-order valence-electron chi connectivity index (χ2n) is 13.8. The summed E-state index contributed by atoms with van der Waals surface area (Å²) in [5, 5.41) is 0. The van der Waals surface area contributed by atoms with Crippen LogP contribution in [-0.2, 0) is 25.7 Å². The highest BCUT2D eigenvalue weighted by Gasteiger charge is 2.50. The van der Waals surface area contributed by atoms with E-state index >= 15 is 0 Å². The standard InChI is InChI=1S/C30H46F3N3O5S/c1-9-16-36(26(37)25(17-28(2,3)4)34(8)27(38)41-29(5,6)7)24-15-10-20-18-35(19-23(20)24)42(39,40)22-13-11-21(12-14-22)30(31,32)33/h11-14,20,23-25H,9-10,15-19H2,1-8H3/t20-,23+,24+,25+/m1/s1. The Hall–Kier alpha value is -2.34. The number of likely N-dealkylation sites (N-methyl/N-ethyl adjacent to an activating group) is 1. The molecule has 2 fully saturated rings. The number of rotatable bonds is 8. The van der Waals surface area contributed by atoms with Crippen LogP contribution >= 0.6 is 0 Å². The van der Waals surface area contributed by atoms with Crippen molar-refractivity contribution in [1.29, 1.82) is 0 Å². The number of fused-ring (bicyclic) bond motifs is 1. The molecule has 0 spiro atoms. The van der Waals surface area contributed by atoms with Crippen molar-refractivity contribution in [1.82, 2.24) is 14.1 Å². The fraction of sp³-hybridized carbons (Fsp3) is 0.733. The topological polar surface area (TPSA) is 87.2 Å². The van der Waals surface area contributed by atoms with Crippen molar-refractivity contribution in [2.45, 2.75) is 103 Å². The Labute approximate surface area is 248 Å². The Morgan fingerprint density at radius 1 is 1.02 bits per heavy atom. The zero-order valence-electron chi connectivity index (χ0n) is 26.0. The molecule has 12 heteroatoms. The van der Waals surface area contributed by atoms with Crippen LogP contribution in [0.2, 0.25) is 0 Å². The molecule has 0 unspecified atom stereocenters. The van der Waals surface area contributed by atoms with Crippen LogP contribution in [0.4, 0.5) is 18.0 Å².